The highest BCUT2D eigenvalue weighted by Crippen LogP contribution is 2.45. The number of unbranched alkanes of at least 4 members (excludes halogenated alkanes) is 36. The molecule has 0 radical (unpaired) electrons. The molecule has 93 heavy (non-hydrogen) atoms. The number of esters is 4. The summed E-state index contributed by atoms with van der Waals surface area (Å²) in [7, 11) is -9.91. The molecule has 0 saturated heterocycles. The molecule has 552 valence electrons. The molecule has 17 nitrogen and oxygen atoms in total. The number of ether oxygens (including phenoxy) is 4. The Labute approximate surface area is 568 Å². The van der Waals surface area contributed by atoms with E-state index in [1.54, 1.807) is 0 Å². The second kappa shape index (κ2) is 63.5. The van der Waals surface area contributed by atoms with Crippen LogP contribution in [0.1, 0.15) is 370 Å². The van der Waals surface area contributed by atoms with Crippen LogP contribution in [0.4, 0.5) is 0 Å². The second-order valence-corrected chi connectivity index (χ2v) is 31.3. The van der Waals surface area contributed by atoms with Crippen LogP contribution in [0.25, 0.3) is 0 Å². The first-order valence-corrected chi connectivity index (χ1v) is 41.2. The van der Waals surface area contributed by atoms with Crippen molar-refractivity contribution in [3.05, 3.63) is 0 Å². The molecule has 0 amide bonds. The lowest BCUT2D eigenvalue weighted by atomic mass is 10.00. The van der Waals surface area contributed by atoms with Gasteiger partial charge in [0, 0.05) is 25.7 Å². The lowest BCUT2D eigenvalue weighted by molar-refractivity contribution is -0.161. The Bertz CT molecular complexity index is 1840. The molecular weight excluding hydrogens is 1220 g/mol. The van der Waals surface area contributed by atoms with Crippen molar-refractivity contribution >= 4 is 39.5 Å². The van der Waals surface area contributed by atoms with E-state index in [1.165, 1.54) is 167 Å². The maximum atomic E-state index is 13.0. The normalized spacial score (nSPS) is 14.5. The molecule has 0 heterocycles. The number of rotatable bonds is 71. The van der Waals surface area contributed by atoms with Crippen molar-refractivity contribution < 1.29 is 80.2 Å². The molecule has 0 aromatic rings. The summed E-state index contributed by atoms with van der Waals surface area (Å²) in [6.07, 6.45) is 47.3. The standard InChI is InChI=1S/C74H144O17P2/c1-9-67(8)53-45-37-32-33-39-47-55-72(77)85-61-70(90-73(78)56-48-40-30-23-19-15-14-17-21-27-35-43-51-65(4)5)63-89-93(82,83)87-59-68(75)58-86-92(80,81)88-62-69(91-74(79)57-49-41-31-25-24-28-36-44-52-66(6)7)60-84-71(76)54-46-38-29-22-18-13-11-10-12-16-20-26-34-42-50-64(2)3/h64-70,75H,9-63H2,1-8H3,(H,80,81)(H,82,83)/t67?,68-,69-,70-/m1/s1. The van der Waals surface area contributed by atoms with Gasteiger partial charge < -0.3 is 33.8 Å². The first-order chi connectivity index (χ1) is 44.6. The Morgan fingerprint density at radius 1 is 0.301 bits per heavy atom. The average Bonchev–Trinajstić information content (AvgIpc) is 1.33. The van der Waals surface area contributed by atoms with Crippen molar-refractivity contribution in [1.82, 2.24) is 0 Å². The van der Waals surface area contributed by atoms with Crippen molar-refractivity contribution in [3.8, 4) is 0 Å². The molecule has 0 bridgehead atoms. The third kappa shape index (κ3) is 67.0. The number of carbonyl (C=O) groups excluding carboxylic acids is 4. The van der Waals surface area contributed by atoms with Gasteiger partial charge in [0.1, 0.15) is 19.3 Å². The van der Waals surface area contributed by atoms with Crippen molar-refractivity contribution in [1.29, 1.82) is 0 Å². The third-order valence-corrected chi connectivity index (χ3v) is 19.3. The SMILES string of the molecule is CCC(C)CCCCCCCCC(=O)OC[C@H](COP(=O)(O)OC[C@H](O)COP(=O)(O)OC[C@@H](COC(=O)CCCCCCCCCCCCCCCCC(C)C)OC(=O)CCCCCCCCCCC(C)C)OC(=O)CCCCCCCCCCCCCCC(C)C. The summed E-state index contributed by atoms with van der Waals surface area (Å²) in [5, 5.41) is 10.6. The van der Waals surface area contributed by atoms with Crippen molar-refractivity contribution in [2.45, 2.75) is 388 Å². The molecule has 19 heteroatoms. The summed E-state index contributed by atoms with van der Waals surface area (Å²) >= 11 is 0. The molecule has 0 aliphatic heterocycles. The lowest BCUT2D eigenvalue weighted by Crippen LogP contribution is -2.30. The molecule has 0 saturated carbocycles. The number of phosphoric ester groups is 2. The first-order valence-electron chi connectivity index (χ1n) is 38.2. The highest BCUT2D eigenvalue weighted by Gasteiger charge is 2.30. The van der Waals surface area contributed by atoms with E-state index in [4.69, 9.17) is 37.0 Å². The number of hydrogen-bond acceptors (Lipinski definition) is 15. The fraction of sp³-hybridized carbons (Fsp3) is 0.946. The molecule has 0 rings (SSSR count). The Kier molecular flexibility index (Phi) is 62.2. The summed E-state index contributed by atoms with van der Waals surface area (Å²) in [5.41, 5.74) is 0. The fourth-order valence-electron chi connectivity index (χ4n) is 11.2. The minimum atomic E-state index is -4.95. The predicted molar refractivity (Wildman–Crippen MR) is 377 cm³/mol. The van der Waals surface area contributed by atoms with E-state index in [-0.39, 0.29) is 25.7 Å². The second-order valence-electron chi connectivity index (χ2n) is 28.4. The molecule has 0 aromatic carbocycles. The average molecular weight is 1370 g/mol. The van der Waals surface area contributed by atoms with Gasteiger partial charge in [-0.2, -0.15) is 0 Å². The number of aliphatic hydroxyl groups is 1. The summed E-state index contributed by atoms with van der Waals surface area (Å²) < 4.78 is 68.4. The lowest BCUT2D eigenvalue weighted by Gasteiger charge is -2.21. The van der Waals surface area contributed by atoms with Gasteiger partial charge in [-0.05, 0) is 49.4 Å². The van der Waals surface area contributed by atoms with Gasteiger partial charge in [0.15, 0.2) is 12.2 Å². The Hall–Kier alpha value is -1.94. The topological polar surface area (TPSA) is 237 Å². The van der Waals surface area contributed by atoms with E-state index in [0.717, 1.165) is 120 Å². The van der Waals surface area contributed by atoms with E-state index in [0.29, 0.717) is 25.7 Å². The van der Waals surface area contributed by atoms with Crippen molar-refractivity contribution in [3.63, 3.8) is 0 Å². The van der Waals surface area contributed by atoms with E-state index in [2.05, 4.69) is 55.4 Å². The quantitative estimate of drug-likeness (QED) is 0.0222. The van der Waals surface area contributed by atoms with Gasteiger partial charge in [-0.15, -0.1) is 0 Å². The Balaban J connectivity index is 5.22. The predicted octanol–water partition coefficient (Wildman–Crippen LogP) is 21.3. The smallest absolute Gasteiger partial charge is 0.462 e. The Morgan fingerprint density at radius 2 is 0.516 bits per heavy atom. The van der Waals surface area contributed by atoms with Crippen LogP contribution in [-0.4, -0.2) is 96.7 Å². The molecule has 3 unspecified atom stereocenters. The molecule has 0 aliphatic rings. The molecule has 0 fully saturated rings. The van der Waals surface area contributed by atoms with E-state index >= 15 is 0 Å². The molecule has 3 N–H and O–H groups in total. The maximum absolute atomic E-state index is 13.0. The van der Waals surface area contributed by atoms with Crippen LogP contribution < -0.4 is 0 Å². The van der Waals surface area contributed by atoms with Gasteiger partial charge in [0.2, 0.25) is 0 Å². The number of phosphoric acid groups is 2. The summed E-state index contributed by atoms with van der Waals surface area (Å²) in [6.45, 7) is 14.1. The van der Waals surface area contributed by atoms with Crippen LogP contribution in [0.3, 0.4) is 0 Å². The van der Waals surface area contributed by atoms with Crippen LogP contribution >= 0.6 is 15.6 Å². The van der Waals surface area contributed by atoms with Crippen molar-refractivity contribution in [2.24, 2.45) is 23.7 Å². The van der Waals surface area contributed by atoms with Gasteiger partial charge in [-0.3, -0.25) is 37.3 Å². The fourth-order valence-corrected chi connectivity index (χ4v) is 12.7. The van der Waals surface area contributed by atoms with E-state index < -0.39 is 97.5 Å². The largest absolute Gasteiger partial charge is 0.472 e. The van der Waals surface area contributed by atoms with E-state index in [9.17, 15) is 43.2 Å². The minimum absolute atomic E-state index is 0.104. The summed E-state index contributed by atoms with van der Waals surface area (Å²) in [6, 6.07) is 0. The number of aliphatic hydroxyl groups excluding tert-OH is 1. The highest BCUT2D eigenvalue weighted by atomic mass is 31.2. The van der Waals surface area contributed by atoms with Crippen LogP contribution in [0.15, 0.2) is 0 Å². The van der Waals surface area contributed by atoms with Crippen molar-refractivity contribution in [2.75, 3.05) is 39.6 Å². The van der Waals surface area contributed by atoms with Crippen LogP contribution in [0.5, 0.6) is 0 Å². The third-order valence-electron chi connectivity index (χ3n) is 17.4. The number of carbonyl (C=O) groups is 4. The number of hydrogen-bond donors (Lipinski definition) is 3. The van der Waals surface area contributed by atoms with Gasteiger partial charge in [-0.25, -0.2) is 9.13 Å². The van der Waals surface area contributed by atoms with Crippen LogP contribution in [0, 0.1) is 23.7 Å². The zero-order valence-corrected chi connectivity index (χ0v) is 62.7. The summed E-state index contributed by atoms with van der Waals surface area (Å²) in [4.78, 5) is 72.7. The van der Waals surface area contributed by atoms with Gasteiger partial charge in [0.05, 0.1) is 26.4 Å². The highest BCUT2D eigenvalue weighted by molar-refractivity contribution is 7.47. The maximum Gasteiger partial charge on any atom is 0.472 e. The van der Waals surface area contributed by atoms with Gasteiger partial charge in [-0.1, -0.05) is 319 Å². The van der Waals surface area contributed by atoms with Gasteiger partial charge >= 0.3 is 39.5 Å². The zero-order chi connectivity index (χ0) is 68.9. The monoisotopic (exact) mass is 1370 g/mol. The van der Waals surface area contributed by atoms with E-state index in [1.807, 2.05) is 0 Å². The van der Waals surface area contributed by atoms with Crippen LogP contribution in [0.2, 0.25) is 0 Å². The van der Waals surface area contributed by atoms with Crippen LogP contribution in [-0.2, 0) is 65.4 Å². The van der Waals surface area contributed by atoms with Gasteiger partial charge in [0.25, 0.3) is 0 Å². The molecular formula is C74H144O17P2. The molecule has 0 aliphatic carbocycles. The molecule has 6 atom stereocenters. The zero-order valence-electron chi connectivity index (χ0n) is 60.9. The summed E-state index contributed by atoms with van der Waals surface area (Å²) in [5.74, 6) is 0.899. The Morgan fingerprint density at radius 3 is 0.763 bits per heavy atom. The molecule has 0 spiro atoms. The molecule has 0 aromatic heterocycles. The first kappa shape index (κ1) is 91.1. The minimum Gasteiger partial charge on any atom is -0.462 e.